The van der Waals surface area contributed by atoms with E-state index in [1.54, 1.807) is 37.4 Å². The molecule has 0 unspecified atom stereocenters. The number of pyridine rings is 1. The molecule has 1 N–H and O–H groups in total. The zero-order valence-corrected chi connectivity index (χ0v) is 23.0. The third-order valence-corrected chi connectivity index (χ3v) is 7.68. The van der Waals surface area contributed by atoms with Crippen molar-refractivity contribution < 1.29 is 24.2 Å². The SMILES string of the molecule is CCCCOc1ccc([C@H]2C(=C(O)c3ccncc3)C(=O)C(=O)N2c2nc3c(C)cc(C)cc3s2)cc1OC. The highest BCUT2D eigenvalue weighted by molar-refractivity contribution is 7.22. The minimum absolute atomic E-state index is 0.0277. The van der Waals surface area contributed by atoms with Gasteiger partial charge in [0.05, 0.1) is 35.5 Å². The highest BCUT2D eigenvalue weighted by Gasteiger charge is 2.48. The van der Waals surface area contributed by atoms with E-state index in [2.05, 4.69) is 11.9 Å². The summed E-state index contributed by atoms with van der Waals surface area (Å²) in [6.07, 6.45) is 4.92. The molecule has 1 fully saturated rings. The smallest absolute Gasteiger partial charge is 0.301 e. The van der Waals surface area contributed by atoms with Crippen LogP contribution < -0.4 is 14.4 Å². The molecule has 1 atom stereocenters. The summed E-state index contributed by atoms with van der Waals surface area (Å²) in [7, 11) is 1.54. The average Bonchev–Trinajstić information content (AvgIpc) is 3.47. The number of benzene rings is 2. The molecule has 1 saturated heterocycles. The van der Waals surface area contributed by atoms with Crippen LogP contribution in [0.15, 0.2) is 60.4 Å². The number of ether oxygens (including phenoxy) is 2. The van der Waals surface area contributed by atoms with Crippen molar-refractivity contribution in [2.75, 3.05) is 18.6 Å². The fourth-order valence-electron chi connectivity index (χ4n) is 4.77. The quantitative estimate of drug-likeness (QED) is 0.124. The highest BCUT2D eigenvalue weighted by atomic mass is 32.1. The van der Waals surface area contributed by atoms with Gasteiger partial charge in [0, 0.05) is 18.0 Å². The number of rotatable bonds is 8. The minimum atomic E-state index is -0.932. The van der Waals surface area contributed by atoms with Crippen molar-refractivity contribution in [2.45, 2.75) is 39.7 Å². The summed E-state index contributed by atoms with van der Waals surface area (Å²) in [6, 6.07) is 11.6. The Morgan fingerprint density at radius 2 is 1.85 bits per heavy atom. The van der Waals surface area contributed by atoms with Crippen molar-refractivity contribution in [2.24, 2.45) is 0 Å². The van der Waals surface area contributed by atoms with E-state index in [9.17, 15) is 14.7 Å². The van der Waals surface area contributed by atoms with E-state index in [1.165, 1.54) is 28.6 Å². The minimum Gasteiger partial charge on any atom is -0.507 e. The number of hydrogen-bond acceptors (Lipinski definition) is 8. The van der Waals surface area contributed by atoms with Gasteiger partial charge in [-0.2, -0.15) is 0 Å². The van der Waals surface area contributed by atoms with E-state index in [0.717, 1.165) is 34.2 Å². The Balaban J connectivity index is 1.70. The second kappa shape index (κ2) is 10.9. The van der Waals surface area contributed by atoms with Crippen molar-refractivity contribution in [1.29, 1.82) is 0 Å². The number of methoxy groups -OCH3 is 1. The molecule has 1 amide bonds. The van der Waals surface area contributed by atoms with E-state index >= 15 is 0 Å². The van der Waals surface area contributed by atoms with E-state index < -0.39 is 17.7 Å². The van der Waals surface area contributed by atoms with Crippen molar-refractivity contribution in [1.82, 2.24) is 9.97 Å². The second-order valence-corrected chi connectivity index (χ2v) is 10.5. The van der Waals surface area contributed by atoms with Gasteiger partial charge in [-0.15, -0.1) is 0 Å². The number of Topliss-reactive ketones (excluding diaryl/α,β-unsaturated/α-hetero) is 1. The van der Waals surface area contributed by atoms with Crippen LogP contribution in [-0.2, 0) is 9.59 Å². The number of hydrogen-bond donors (Lipinski definition) is 1. The van der Waals surface area contributed by atoms with E-state index in [4.69, 9.17) is 14.5 Å². The first-order valence-electron chi connectivity index (χ1n) is 12.7. The van der Waals surface area contributed by atoms with E-state index in [0.29, 0.717) is 34.4 Å². The van der Waals surface area contributed by atoms with E-state index in [-0.39, 0.29) is 11.3 Å². The molecule has 0 saturated carbocycles. The van der Waals surface area contributed by atoms with Crippen LogP contribution in [0.5, 0.6) is 11.5 Å². The Morgan fingerprint density at radius 1 is 1.08 bits per heavy atom. The van der Waals surface area contributed by atoms with Gasteiger partial charge in [0.15, 0.2) is 16.6 Å². The summed E-state index contributed by atoms with van der Waals surface area (Å²) in [5.41, 5.74) is 3.77. The fraction of sp³-hybridized carbons (Fsp3) is 0.267. The molecule has 2 aromatic heterocycles. The van der Waals surface area contributed by atoms with Crippen molar-refractivity contribution >= 4 is 44.1 Å². The number of aliphatic hydroxyl groups is 1. The Labute approximate surface area is 230 Å². The van der Waals surface area contributed by atoms with Crippen LogP contribution >= 0.6 is 11.3 Å². The van der Waals surface area contributed by atoms with Crippen LogP contribution in [0, 0.1) is 13.8 Å². The number of anilines is 1. The lowest BCUT2D eigenvalue weighted by atomic mass is 9.95. The van der Waals surface area contributed by atoms with Crippen LogP contribution in [0.2, 0.25) is 0 Å². The number of carbonyl (C=O) groups is 2. The van der Waals surface area contributed by atoms with Gasteiger partial charge < -0.3 is 14.6 Å². The standard InChI is InChI=1S/C30H29N3O5S/c1-5-6-13-38-21-8-7-20(16-22(21)37-4)26-24(27(34)19-9-11-31-12-10-19)28(35)29(36)33(26)30-32-25-18(3)14-17(2)15-23(25)39-30/h7-12,14-16,26,34H,5-6,13H2,1-4H3/t26-/m0/s1. The number of aromatic nitrogens is 2. The predicted molar refractivity (Wildman–Crippen MR) is 152 cm³/mol. The predicted octanol–water partition coefficient (Wildman–Crippen LogP) is 6.12. The first-order chi connectivity index (χ1) is 18.8. The third-order valence-electron chi connectivity index (χ3n) is 6.68. The zero-order valence-electron chi connectivity index (χ0n) is 22.2. The number of nitrogens with zero attached hydrogens (tertiary/aromatic N) is 3. The lowest BCUT2D eigenvalue weighted by molar-refractivity contribution is -0.132. The molecule has 0 bridgehead atoms. The summed E-state index contributed by atoms with van der Waals surface area (Å²) < 4.78 is 12.4. The van der Waals surface area contributed by atoms with Crippen LogP contribution in [0.3, 0.4) is 0 Å². The second-order valence-electron chi connectivity index (χ2n) is 9.44. The Hall–Kier alpha value is -4.24. The maximum Gasteiger partial charge on any atom is 0.301 e. The summed E-state index contributed by atoms with van der Waals surface area (Å²) in [5, 5.41) is 11.7. The summed E-state index contributed by atoms with van der Waals surface area (Å²) in [6.45, 7) is 6.59. The molecule has 0 aliphatic carbocycles. The van der Waals surface area contributed by atoms with Gasteiger partial charge in [-0.05, 0) is 67.3 Å². The normalized spacial score (nSPS) is 16.7. The number of thiazole rings is 1. The number of unbranched alkanes of at least 4 members (excludes halogenated alkanes) is 1. The van der Waals surface area contributed by atoms with Gasteiger partial charge in [0.25, 0.3) is 5.78 Å². The van der Waals surface area contributed by atoms with Crippen LogP contribution in [0.4, 0.5) is 5.13 Å². The third kappa shape index (κ3) is 4.85. The van der Waals surface area contributed by atoms with Crippen molar-refractivity contribution in [3.05, 3.63) is 82.7 Å². The lowest BCUT2D eigenvalue weighted by Gasteiger charge is -2.24. The zero-order chi connectivity index (χ0) is 27.7. The van der Waals surface area contributed by atoms with Gasteiger partial charge >= 0.3 is 5.91 Å². The molecule has 4 aromatic rings. The average molecular weight is 544 g/mol. The molecule has 200 valence electrons. The largest absolute Gasteiger partial charge is 0.507 e. The number of fused-ring (bicyclic) bond motifs is 1. The Bertz CT molecular complexity index is 1600. The van der Waals surface area contributed by atoms with Crippen molar-refractivity contribution in [3.63, 3.8) is 0 Å². The summed E-state index contributed by atoms with van der Waals surface area (Å²) in [5.74, 6) is -0.797. The van der Waals surface area contributed by atoms with Gasteiger partial charge in [-0.3, -0.25) is 19.5 Å². The number of ketones is 1. The number of amides is 1. The number of carbonyl (C=O) groups excluding carboxylic acids is 2. The monoisotopic (exact) mass is 543 g/mol. The van der Waals surface area contributed by atoms with Crippen molar-refractivity contribution in [3.8, 4) is 11.5 Å². The molecule has 0 radical (unpaired) electrons. The molecular weight excluding hydrogens is 514 g/mol. The van der Waals surface area contributed by atoms with Gasteiger partial charge in [-0.25, -0.2) is 4.98 Å². The van der Waals surface area contributed by atoms with Crippen LogP contribution in [-0.4, -0.2) is 40.5 Å². The molecule has 8 nitrogen and oxygen atoms in total. The van der Waals surface area contributed by atoms with Gasteiger partial charge in [0.1, 0.15) is 5.76 Å². The molecule has 0 spiro atoms. The van der Waals surface area contributed by atoms with Crippen LogP contribution in [0.1, 0.15) is 48.1 Å². The molecule has 1 aliphatic rings. The molecule has 1 aliphatic heterocycles. The Morgan fingerprint density at radius 3 is 2.56 bits per heavy atom. The first kappa shape index (κ1) is 26.4. The maximum atomic E-state index is 13.6. The molecule has 39 heavy (non-hydrogen) atoms. The molecule has 3 heterocycles. The molecule has 2 aromatic carbocycles. The molecule has 5 rings (SSSR count). The first-order valence-corrected chi connectivity index (χ1v) is 13.6. The topological polar surface area (TPSA) is 102 Å². The van der Waals surface area contributed by atoms with Crippen LogP contribution in [0.25, 0.3) is 16.0 Å². The van der Waals surface area contributed by atoms with Gasteiger partial charge in [-0.1, -0.05) is 36.8 Å². The summed E-state index contributed by atoms with van der Waals surface area (Å²) >= 11 is 1.33. The maximum absolute atomic E-state index is 13.6. The number of aryl methyl sites for hydroxylation is 2. The van der Waals surface area contributed by atoms with Gasteiger partial charge in [0.2, 0.25) is 0 Å². The van der Waals surface area contributed by atoms with E-state index in [1.807, 2.05) is 26.0 Å². The molecular formula is C30H29N3O5S. The lowest BCUT2D eigenvalue weighted by Crippen LogP contribution is -2.29. The summed E-state index contributed by atoms with van der Waals surface area (Å²) in [4.78, 5) is 37.3. The molecule has 9 heteroatoms. The Kier molecular flexibility index (Phi) is 7.34. The fourth-order valence-corrected chi connectivity index (χ4v) is 5.94. The highest BCUT2D eigenvalue weighted by Crippen LogP contribution is 2.46. The number of aliphatic hydroxyl groups excluding tert-OH is 1.